The normalized spacial score (nSPS) is 12.8. The van der Waals surface area contributed by atoms with Gasteiger partial charge in [-0.15, -0.1) is 11.3 Å². The zero-order valence-corrected chi connectivity index (χ0v) is 41.2. The third-order valence-electron chi connectivity index (χ3n) is 14.8. The van der Waals surface area contributed by atoms with Gasteiger partial charge in [0.25, 0.3) is 0 Å². The number of aryl methyl sites for hydroxylation is 1. The number of hydrogen-bond donors (Lipinski definition) is 0. The van der Waals surface area contributed by atoms with Gasteiger partial charge in [0, 0.05) is 64.1 Å². The monoisotopic (exact) mass is 954 g/mol. The summed E-state index contributed by atoms with van der Waals surface area (Å²) < 4.78 is 2.63. The second-order valence-electron chi connectivity index (χ2n) is 18.9. The van der Waals surface area contributed by atoms with Crippen LogP contribution in [0.4, 0.5) is 34.1 Å². The van der Waals surface area contributed by atoms with Gasteiger partial charge in [0.2, 0.25) is 0 Å². The van der Waals surface area contributed by atoms with E-state index in [-0.39, 0.29) is 0 Å². The van der Waals surface area contributed by atoms with Gasteiger partial charge in [-0.3, -0.25) is 0 Å². The van der Waals surface area contributed by atoms with Crippen molar-refractivity contribution in [3.8, 4) is 33.4 Å². The molecule has 1 spiro atoms. The van der Waals surface area contributed by atoms with Gasteiger partial charge in [0.1, 0.15) is 0 Å². The zero-order valence-electron chi connectivity index (χ0n) is 39.5. The Hall–Kier alpha value is -8.41. The fraction of sp³-hybridized carbons (Fsp3) is 0.0294. The number of benzene rings is 11. The van der Waals surface area contributed by atoms with Crippen molar-refractivity contribution in [2.24, 2.45) is 0 Å². The van der Waals surface area contributed by atoms with Crippen molar-refractivity contribution < 1.29 is 0 Å². The molecule has 1 aliphatic carbocycles. The minimum Gasteiger partial charge on any atom is -0.311 e. The molecular formula is C68H46N2S2. The van der Waals surface area contributed by atoms with E-state index < -0.39 is 5.41 Å². The summed E-state index contributed by atoms with van der Waals surface area (Å²) >= 11 is 3.84. The van der Waals surface area contributed by atoms with E-state index in [4.69, 9.17) is 0 Å². The number of hydrogen-bond acceptors (Lipinski definition) is 4. The standard InChI is InChI=1S/C68H46N2S2/c1-45-39-49(47-19-18-28-55(40-47)70(52-24-10-4-11-25-52)53-26-12-5-13-27-53)42-66-67(45)58-43-62-65(44-64(58)72-66)71-63-38-35-48(41-61(63)68(62)59-31-16-14-29-56(59)57-30-15-17-32-60(57)68)46-33-36-54(37-34-46)69(50-20-6-2-7-21-50)51-22-8-3-9-23-51/h2-44H,1H3. The maximum atomic E-state index is 2.58. The molecular weight excluding hydrogens is 909 g/mol. The quantitative estimate of drug-likeness (QED) is 0.150. The van der Waals surface area contributed by atoms with Gasteiger partial charge < -0.3 is 9.80 Å². The van der Waals surface area contributed by atoms with E-state index in [1.165, 1.54) is 91.2 Å². The van der Waals surface area contributed by atoms with Crippen LogP contribution in [0.25, 0.3) is 53.6 Å². The average Bonchev–Trinajstić information content (AvgIpc) is 3.95. The lowest BCUT2D eigenvalue weighted by molar-refractivity contribution is 0.725. The van der Waals surface area contributed by atoms with E-state index in [0.717, 1.165) is 34.1 Å². The lowest BCUT2D eigenvalue weighted by Crippen LogP contribution is -2.32. The highest BCUT2D eigenvalue weighted by molar-refractivity contribution is 7.99. The van der Waals surface area contributed by atoms with E-state index in [9.17, 15) is 0 Å². The van der Waals surface area contributed by atoms with Gasteiger partial charge in [0.05, 0.1) is 5.41 Å². The Labute approximate surface area is 428 Å². The molecule has 11 aromatic carbocycles. The van der Waals surface area contributed by atoms with Gasteiger partial charge in [0.15, 0.2) is 0 Å². The van der Waals surface area contributed by atoms with Crippen molar-refractivity contribution >= 4 is 77.4 Å². The van der Waals surface area contributed by atoms with E-state index in [1.54, 1.807) is 0 Å². The molecule has 0 saturated heterocycles. The van der Waals surface area contributed by atoms with Crippen LogP contribution in [-0.2, 0) is 5.41 Å². The van der Waals surface area contributed by atoms with E-state index in [2.05, 4.69) is 278 Å². The molecule has 4 heteroatoms. The van der Waals surface area contributed by atoms with E-state index >= 15 is 0 Å². The van der Waals surface area contributed by atoms with Crippen LogP contribution < -0.4 is 9.80 Å². The van der Waals surface area contributed by atoms with Crippen molar-refractivity contribution in [2.75, 3.05) is 9.80 Å². The highest BCUT2D eigenvalue weighted by Crippen LogP contribution is 2.63. The van der Waals surface area contributed by atoms with Crippen LogP contribution in [0.2, 0.25) is 0 Å². The van der Waals surface area contributed by atoms with Crippen molar-refractivity contribution in [3.05, 3.63) is 289 Å². The first-order chi connectivity index (χ1) is 35.6. The molecule has 340 valence electrons. The minimum atomic E-state index is -0.517. The number of fused-ring (bicyclic) bond motifs is 12. The van der Waals surface area contributed by atoms with Crippen LogP contribution in [0.3, 0.4) is 0 Å². The molecule has 0 bridgehead atoms. The maximum Gasteiger partial charge on any atom is 0.0735 e. The molecule has 0 radical (unpaired) electrons. The second-order valence-corrected chi connectivity index (χ2v) is 21.0. The maximum absolute atomic E-state index is 2.58. The first-order valence-corrected chi connectivity index (χ1v) is 26.3. The predicted molar refractivity (Wildman–Crippen MR) is 306 cm³/mol. The van der Waals surface area contributed by atoms with Crippen LogP contribution in [0.15, 0.2) is 271 Å². The number of anilines is 6. The summed E-state index contributed by atoms with van der Waals surface area (Å²) in [7, 11) is 0. The average molecular weight is 955 g/mol. The van der Waals surface area contributed by atoms with Gasteiger partial charge in [-0.1, -0.05) is 169 Å². The Kier molecular flexibility index (Phi) is 10.1. The molecule has 0 atom stereocenters. The molecule has 0 unspecified atom stereocenters. The molecule has 0 amide bonds. The fourth-order valence-electron chi connectivity index (χ4n) is 11.7. The van der Waals surface area contributed by atoms with Crippen molar-refractivity contribution in [1.29, 1.82) is 0 Å². The van der Waals surface area contributed by atoms with Gasteiger partial charge in [-0.25, -0.2) is 0 Å². The molecule has 72 heavy (non-hydrogen) atoms. The Morgan fingerprint density at radius 2 is 0.806 bits per heavy atom. The lowest BCUT2D eigenvalue weighted by atomic mass is 9.66. The van der Waals surface area contributed by atoms with E-state index in [0.29, 0.717) is 0 Å². The predicted octanol–water partition coefficient (Wildman–Crippen LogP) is 19.5. The first kappa shape index (κ1) is 42.5. The van der Waals surface area contributed by atoms with Crippen LogP contribution in [0.5, 0.6) is 0 Å². The summed E-state index contributed by atoms with van der Waals surface area (Å²) in [5.41, 5.74) is 20.4. The molecule has 0 N–H and O–H groups in total. The first-order valence-electron chi connectivity index (χ1n) is 24.6. The third kappa shape index (κ3) is 6.78. The van der Waals surface area contributed by atoms with E-state index in [1.807, 2.05) is 23.1 Å². The summed E-state index contributed by atoms with van der Waals surface area (Å²) in [4.78, 5) is 7.29. The second kappa shape index (κ2) is 17.2. The minimum absolute atomic E-state index is 0.517. The fourth-order valence-corrected chi connectivity index (χ4v) is 14.2. The molecule has 14 rings (SSSR count). The summed E-state index contributed by atoms with van der Waals surface area (Å²) in [6.45, 7) is 2.30. The molecule has 1 aliphatic heterocycles. The Balaban J connectivity index is 0.908. The van der Waals surface area contributed by atoms with Crippen LogP contribution in [-0.4, -0.2) is 0 Å². The molecule has 2 heterocycles. The zero-order chi connectivity index (χ0) is 47.8. The molecule has 1 aromatic heterocycles. The van der Waals surface area contributed by atoms with Gasteiger partial charge in [-0.05, 0) is 171 Å². The van der Waals surface area contributed by atoms with Crippen LogP contribution in [0.1, 0.15) is 27.8 Å². The van der Waals surface area contributed by atoms with Crippen LogP contribution >= 0.6 is 23.1 Å². The Morgan fingerprint density at radius 3 is 1.40 bits per heavy atom. The Bertz CT molecular complexity index is 3890. The smallest absolute Gasteiger partial charge is 0.0735 e. The number of rotatable bonds is 8. The molecule has 0 fully saturated rings. The number of thiophene rings is 1. The Morgan fingerprint density at radius 1 is 0.319 bits per heavy atom. The summed E-state index contributed by atoms with van der Waals surface area (Å²) in [6, 6.07) is 96.1. The summed E-state index contributed by atoms with van der Waals surface area (Å²) in [5.74, 6) is 0. The molecule has 2 aliphatic rings. The molecule has 2 nitrogen and oxygen atoms in total. The highest BCUT2D eigenvalue weighted by Gasteiger charge is 2.50. The largest absolute Gasteiger partial charge is 0.311 e. The topological polar surface area (TPSA) is 6.48 Å². The third-order valence-corrected chi connectivity index (χ3v) is 17.0. The highest BCUT2D eigenvalue weighted by atomic mass is 32.2. The van der Waals surface area contributed by atoms with Gasteiger partial charge >= 0.3 is 0 Å². The number of nitrogens with zero attached hydrogens (tertiary/aromatic N) is 2. The molecule has 12 aromatic rings. The van der Waals surface area contributed by atoms with Gasteiger partial charge in [-0.2, -0.15) is 0 Å². The summed E-state index contributed by atoms with van der Waals surface area (Å²) in [6.07, 6.45) is 0. The summed E-state index contributed by atoms with van der Waals surface area (Å²) in [5, 5.41) is 2.66. The lowest BCUT2D eigenvalue weighted by Gasteiger charge is -2.40. The molecule has 0 saturated carbocycles. The van der Waals surface area contributed by atoms with Crippen molar-refractivity contribution in [2.45, 2.75) is 22.1 Å². The van der Waals surface area contributed by atoms with Crippen molar-refractivity contribution in [1.82, 2.24) is 0 Å². The SMILES string of the molecule is Cc1cc(-c2cccc(N(c3ccccc3)c3ccccc3)c2)cc2sc3cc4c(cc3c12)C1(c2cc(-c3ccc(N(c5ccccc5)c5ccccc5)cc3)ccc2S4)c2ccccc2-c2ccccc21. The number of para-hydroxylation sites is 4. The van der Waals surface area contributed by atoms with Crippen molar-refractivity contribution in [3.63, 3.8) is 0 Å². The van der Waals surface area contributed by atoms with Crippen LogP contribution in [0, 0.1) is 6.92 Å².